The lowest BCUT2D eigenvalue weighted by atomic mass is 10.1. The largest absolute Gasteiger partial charge is 0.337 e. The number of hydrogen-bond acceptors (Lipinski definition) is 3. The molecule has 2 aromatic carbocycles. The van der Waals surface area contributed by atoms with E-state index in [1.54, 1.807) is 12.1 Å². The third-order valence-corrected chi connectivity index (χ3v) is 5.55. The van der Waals surface area contributed by atoms with Crippen molar-refractivity contribution in [1.29, 1.82) is 0 Å². The third kappa shape index (κ3) is 5.01. The molecule has 0 unspecified atom stereocenters. The van der Waals surface area contributed by atoms with Gasteiger partial charge in [-0.15, -0.1) is 0 Å². The first-order valence-corrected chi connectivity index (χ1v) is 10.2. The summed E-state index contributed by atoms with van der Waals surface area (Å²) in [6.07, 6.45) is 1.60. The van der Waals surface area contributed by atoms with Crippen LogP contribution in [0.4, 0.5) is 5.69 Å². The second-order valence-corrected chi connectivity index (χ2v) is 7.84. The van der Waals surface area contributed by atoms with Gasteiger partial charge >= 0.3 is 0 Å². The van der Waals surface area contributed by atoms with Crippen molar-refractivity contribution < 1.29 is 9.59 Å². The Morgan fingerprint density at radius 1 is 1.04 bits per heavy atom. The first-order valence-electron chi connectivity index (χ1n) is 9.07. The van der Waals surface area contributed by atoms with Crippen LogP contribution in [0.1, 0.15) is 28.4 Å². The summed E-state index contributed by atoms with van der Waals surface area (Å²) in [7, 11) is 0. The van der Waals surface area contributed by atoms with Gasteiger partial charge in [0.15, 0.2) is 0 Å². The summed E-state index contributed by atoms with van der Waals surface area (Å²) in [6.45, 7) is 5.42. The fraction of sp³-hybridized carbons (Fsp3) is 0.273. The summed E-state index contributed by atoms with van der Waals surface area (Å²) < 4.78 is 0. The van der Waals surface area contributed by atoms with E-state index in [0.29, 0.717) is 5.56 Å². The Hall–Kier alpha value is -2.53. The highest BCUT2D eigenvalue weighted by Gasteiger charge is 2.19. The summed E-state index contributed by atoms with van der Waals surface area (Å²) >= 11 is 1.88. The Morgan fingerprint density at radius 2 is 1.74 bits per heavy atom. The van der Waals surface area contributed by atoms with Crippen molar-refractivity contribution >= 4 is 34.8 Å². The molecule has 1 saturated heterocycles. The zero-order valence-electron chi connectivity index (χ0n) is 15.7. The van der Waals surface area contributed by atoms with Gasteiger partial charge in [0.25, 0.3) is 5.91 Å². The number of thioether (sulfide) groups is 1. The minimum absolute atomic E-state index is 0.0658. The first-order chi connectivity index (χ1) is 13.0. The van der Waals surface area contributed by atoms with E-state index in [4.69, 9.17) is 0 Å². The topological polar surface area (TPSA) is 49.4 Å². The molecule has 1 N–H and O–H groups in total. The molecule has 1 fully saturated rings. The molecule has 0 aromatic heterocycles. The lowest BCUT2D eigenvalue weighted by Gasteiger charge is -2.26. The van der Waals surface area contributed by atoms with Gasteiger partial charge in [0.05, 0.1) is 0 Å². The van der Waals surface area contributed by atoms with Crippen LogP contribution in [0.25, 0.3) is 5.57 Å². The molecule has 1 aliphatic rings. The van der Waals surface area contributed by atoms with Crippen molar-refractivity contribution in [3.63, 3.8) is 0 Å². The number of hydrogen-bond donors (Lipinski definition) is 1. The number of aryl methyl sites for hydroxylation is 1. The molecule has 0 atom stereocenters. The van der Waals surface area contributed by atoms with Gasteiger partial charge in [0, 0.05) is 41.9 Å². The molecule has 5 heteroatoms. The number of rotatable bonds is 4. The fourth-order valence-corrected chi connectivity index (χ4v) is 3.94. The Bertz CT molecular complexity index is 856. The van der Waals surface area contributed by atoms with E-state index in [2.05, 4.69) is 5.32 Å². The summed E-state index contributed by atoms with van der Waals surface area (Å²) in [4.78, 5) is 26.9. The van der Waals surface area contributed by atoms with Gasteiger partial charge < -0.3 is 10.2 Å². The minimum Gasteiger partial charge on any atom is -0.337 e. The van der Waals surface area contributed by atoms with Crippen LogP contribution in [0.5, 0.6) is 0 Å². The summed E-state index contributed by atoms with van der Waals surface area (Å²) in [5, 5.41) is 2.91. The Labute approximate surface area is 164 Å². The highest BCUT2D eigenvalue weighted by molar-refractivity contribution is 7.99. The summed E-state index contributed by atoms with van der Waals surface area (Å²) in [5.74, 6) is 1.88. The van der Waals surface area contributed by atoms with Gasteiger partial charge in [0.1, 0.15) is 0 Å². The van der Waals surface area contributed by atoms with E-state index in [1.807, 2.05) is 73.0 Å². The zero-order valence-corrected chi connectivity index (χ0v) is 16.5. The molecule has 1 aliphatic heterocycles. The average molecular weight is 381 g/mol. The number of amides is 2. The molecule has 27 heavy (non-hydrogen) atoms. The molecule has 2 aromatic rings. The molecule has 0 aliphatic carbocycles. The predicted octanol–water partition coefficient (Wildman–Crippen LogP) is 4.23. The number of carbonyl (C=O) groups excluding carboxylic acids is 2. The molecular formula is C22H24N2O2S. The maximum Gasteiger partial charge on any atom is 0.253 e. The van der Waals surface area contributed by atoms with E-state index < -0.39 is 0 Å². The molecule has 0 radical (unpaired) electrons. The van der Waals surface area contributed by atoms with Gasteiger partial charge in [-0.05, 0) is 48.7 Å². The molecular weight excluding hydrogens is 356 g/mol. The van der Waals surface area contributed by atoms with Crippen LogP contribution in [0, 0.1) is 6.92 Å². The van der Waals surface area contributed by atoms with Crippen molar-refractivity contribution in [2.24, 2.45) is 0 Å². The number of carbonyl (C=O) groups is 2. The predicted molar refractivity (Wildman–Crippen MR) is 113 cm³/mol. The second kappa shape index (κ2) is 8.91. The Kier molecular flexibility index (Phi) is 6.35. The molecule has 0 bridgehead atoms. The van der Waals surface area contributed by atoms with Crippen LogP contribution in [-0.4, -0.2) is 41.3 Å². The molecule has 3 rings (SSSR count). The highest BCUT2D eigenvalue weighted by atomic mass is 32.2. The van der Waals surface area contributed by atoms with Gasteiger partial charge in [-0.3, -0.25) is 9.59 Å². The van der Waals surface area contributed by atoms with Crippen LogP contribution < -0.4 is 5.32 Å². The van der Waals surface area contributed by atoms with Crippen molar-refractivity contribution in [3.8, 4) is 0 Å². The minimum atomic E-state index is -0.174. The average Bonchev–Trinajstić information content (AvgIpc) is 2.70. The normalized spacial score (nSPS) is 14.7. The summed E-state index contributed by atoms with van der Waals surface area (Å²) in [5.41, 5.74) is 4.20. The zero-order chi connectivity index (χ0) is 19.2. The van der Waals surface area contributed by atoms with Crippen LogP contribution in [0.3, 0.4) is 0 Å². The lowest BCUT2D eigenvalue weighted by Crippen LogP contribution is -2.37. The highest BCUT2D eigenvalue weighted by Crippen LogP contribution is 2.20. The second-order valence-electron chi connectivity index (χ2n) is 6.62. The number of benzene rings is 2. The number of nitrogens with one attached hydrogen (secondary N) is 1. The van der Waals surface area contributed by atoms with Gasteiger partial charge in [-0.25, -0.2) is 0 Å². The number of nitrogens with zero attached hydrogens (tertiary/aromatic N) is 1. The molecule has 0 spiro atoms. The smallest absolute Gasteiger partial charge is 0.253 e. The first kappa shape index (κ1) is 19.2. The standard InChI is InChI=1S/C22H24N2O2S/c1-16(18-6-4-3-5-7-18)15-21(25)23-20-9-8-19(14-17(20)2)22(26)24-10-12-27-13-11-24/h3-9,14-15H,10-13H2,1-2H3,(H,23,25)/b16-15+. The van der Waals surface area contributed by atoms with Crippen molar-refractivity contribution in [1.82, 2.24) is 4.90 Å². The molecule has 1 heterocycles. The van der Waals surface area contributed by atoms with E-state index in [0.717, 1.165) is 47.0 Å². The van der Waals surface area contributed by atoms with Crippen molar-refractivity contribution in [2.75, 3.05) is 29.9 Å². The fourth-order valence-electron chi connectivity index (χ4n) is 3.04. The van der Waals surface area contributed by atoms with E-state index in [-0.39, 0.29) is 11.8 Å². The van der Waals surface area contributed by atoms with Crippen LogP contribution in [0.2, 0.25) is 0 Å². The molecule has 4 nitrogen and oxygen atoms in total. The SMILES string of the molecule is C/C(=C\C(=O)Nc1ccc(C(=O)N2CCSCC2)cc1C)c1ccccc1. The van der Waals surface area contributed by atoms with E-state index >= 15 is 0 Å². The van der Waals surface area contributed by atoms with Crippen LogP contribution in [0.15, 0.2) is 54.6 Å². The van der Waals surface area contributed by atoms with Crippen LogP contribution in [-0.2, 0) is 4.79 Å². The Balaban J connectivity index is 1.68. The van der Waals surface area contributed by atoms with Crippen molar-refractivity contribution in [2.45, 2.75) is 13.8 Å². The van der Waals surface area contributed by atoms with Crippen molar-refractivity contribution in [3.05, 3.63) is 71.3 Å². The van der Waals surface area contributed by atoms with Gasteiger partial charge in [0.2, 0.25) is 5.91 Å². The van der Waals surface area contributed by atoms with Gasteiger partial charge in [-0.1, -0.05) is 30.3 Å². The Morgan fingerprint density at radius 3 is 2.41 bits per heavy atom. The lowest BCUT2D eigenvalue weighted by molar-refractivity contribution is -0.111. The monoisotopic (exact) mass is 380 g/mol. The number of anilines is 1. The summed E-state index contributed by atoms with van der Waals surface area (Å²) in [6, 6.07) is 15.3. The molecule has 2 amide bonds. The number of allylic oxidation sites excluding steroid dienone is 1. The van der Waals surface area contributed by atoms with Crippen LogP contribution >= 0.6 is 11.8 Å². The third-order valence-electron chi connectivity index (χ3n) is 4.61. The molecule has 0 saturated carbocycles. The maximum atomic E-state index is 12.6. The quantitative estimate of drug-likeness (QED) is 0.808. The van der Waals surface area contributed by atoms with E-state index in [1.165, 1.54) is 0 Å². The van der Waals surface area contributed by atoms with E-state index in [9.17, 15) is 9.59 Å². The maximum absolute atomic E-state index is 12.6. The van der Waals surface area contributed by atoms with Gasteiger partial charge in [-0.2, -0.15) is 11.8 Å². The molecule has 140 valence electrons.